The van der Waals surface area contributed by atoms with Crippen LogP contribution in [0, 0.1) is 11.5 Å². The summed E-state index contributed by atoms with van der Waals surface area (Å²) in [6.07, 6.45) is 1.38. The van der Waals surface area contributed by atoms with Crippen LogP contribution in [0.15, 0.2) is 11.6 Å². The molecule has 0 rings (SSSR count). The Bertz CT molecular complexity index is 567. The molecule has 0 saturated carbocycles. The molecule has 0 bridgehead atoms. The van der Waals surface area contributed by atoms with Crippen LogP contribution >= 0.6 is 11.6 Å². The second-order valence-corrected chi connectivity index (χ2v) is 26.0. The minimum absolute atomic E-state index is 0.109. The normalized spacial score (nSPS) is 16.8. The summed E-state index contributed by atoms with van der Waals surface area (Å²) < 4.78 is 13.5. The van der Waals surface area contributed by atoms with Gasteiger partial charge in [-0.2, -0.15) is 0 Å². The highest BCUT2D eigenvalue weighted by atomic mass is 35.5. The first kappa shape index (κ1) is 27.2. The van der Waals surface area contributed by atoms with Crippen LogP contribution in [0.25, 0.3) is 0 Å². The van der Waals surface area contributed by atoms with Crippen molar-refractivity contribution in [2.75, 3.05) is 0 Å². The Morgan fingerprint density at radius 1 is 0.778 bits per heavy atom. The molecular weight excluding hydrogens is 404 g/mol. The van der Waals surface area contributed by atoms with E-state index < -0.39 is 24.7 Å². The summed E-state index contributed by atoms with van der Waals surface area (Å²) in [6, 6.07) is 0. The second kappa shape index (κ2) is 9.32. The maximum atomic E-state index is 6.75. The molecule has 0 heterocycles. The highest BCUT2D eigenvalue weighted by molar-refractivity contribution is 6.83. The first-order valence-corrected chi connectivity index (χ1v) is 19.6. The Balaban J connectivity index is 6.06. The lowest BCUT2D eigenvalue weighted by molar-refractivity contribution is 0.0998. The van der Waals surface area contributed by atoms with Crippen LogP contribution < -0.4 is 0 Å². The maximum Gasteiger partial charge on any atom is 0.193 e. The van der Waals surface area contributed by atoms with Crippen LogP contribution in [-0.2, 0) is 8.85 Å². The zero-order valence-electron chi connectivity index (χ0n) is 20.0. The monoisotopic (exact) mass is 446 g/mol. The third-order valence-corrected chi connectivity index (χ3v) is 15.6. The third kappa shape index (κ3) is 9.01. The van der Waals surface area contributed by atoms with Crippen molar-refractivity contribution in [2.45, 2.75) is 110 Å². The van der Waals surface area contributed by atoms with Crippen LogP contribution in [-0.4, -0.2) is 36.9 Å². The lowest BCUT2D eigenvalue weighted by atomic mass is 10.2. The molecule has 0 aromatic rings. The van der Waals surface area contributed by atoms with Gasteiger partial charge in [0.05, 0.1) is 0 Å². The van der Waals surface area contributed by atoms with Gasteiger partial charge >= 0.3 is 0 Å². The molecule has 0 aliphatic heterocycles. The van der Waals surface area contributed by atoms with Crippen LogP contribution in [0.2, 0.25) is 55.9 Å². The fraction of sp³-hybridized carbons (Fsp3) is 0.810. The van der Waals surface area contributed by atoms with Gasteiger partial charge in [0.1, 0.15) is 20.3 Å². The molecule has 2 atom stereocenters. The number of rotatable bonds is 6. The minimum atomic E-state index is -2.01. The van der Waals surface area contributed by atoms with Crippen LogP contribution in [0.1, 0.15) is 41.5 Å². The molecule has 0 radical (unpaired) electrons. The lowest BCUT2D eigenvalue weighted by Gasteiger charge is -2.43. The van der Waals surface area contributed by atoms with E-state index in [9.17, 15) is 0 Å². The topological polar surface area (TPSA) is 18.5 Å². The highest BCUT2D eigenvalue weighted by Crippen LogP contribution is 2.40. The minimum Gasteiger partial charge on any atom is -0.407 e. The molecule has 158 valence electrons. The molecule has 0 aromatic heterocycles. The smallest absolute Gasteiger partial charge is 0.193 e. The summed E-state index contributed by atoms with van der Waals surface area (Å²) in [5.74, 6) is 3.46. The summed E-state index contributed by atoms with van der Waals surface area (Å²) >= 11 is 6.01. The summed E-state index contributed by atoms with van der Waals surface area (Å²) in [6.45, 7) is 29.3. The molecule has 0 aliphatic rings. The van der Waals surface area contributed by atoms with E-state index in [1.807, 2.05) is 6.08 Å². The molecule has 0 saturated heterocycles. The van der Waals surface area contributed by atoms with Gasteiger partial charge in [-0.3, -0.25) is 0 Å². The van der Waals surface area contributed by atoms with Crippen molar-refractivity contribution < 1.29 is 8.85 Å². The van der Waals surface area contributed by atoms with E-state index in [-0.39, 0.29) is 22.3 Å². The second-order valence-electron chi connectivity index (χ2n) is 11.5. The Hall–Kier alpha value is 0.161. The summed E-state index contributed by atoms with van der Waals surface area (Å²) in [7, 11) is -5.53. The molecule has 0 aromatic carbocycles. The average molecular weight is 447 g/mol. The van der Waals surface area contributed by atoms with E-state index in [1.54, 1.807) is 5.54 Å². The predicted octanol–water partition coefficient (Wildman–Crippen LogP) is 7.40. The summed E-state index contributed by atoms with van der Waals surface area (Å²) in [4.78, 5) is 0. The highest BCUT2D eigenvalue weighted by Gasteiger charge is 2.44. The van der Waals surface area contributed by atoms with Crippen molar-refractivity contribution in [3.05, 3.63) is 11.6 Å². The molecule has 0 aliphatic carbocycles. The number of halogens is 1. The van der Waals surface area contributed by atoms with E-state index in [0.717, 1.165) is 0 Å². The van der Waals surface area contributed by atoms with Gasteiger partial charge < -0.3 is 8.85 Å². The summed E-state index contributed by atoms with van der Waals surface area (Å²) in [5.41, 5.74) is 5.06. The standard InChI is InChI=1S/C21H43ClO2Si3/c1-20(2,3)26(10,11)23-18(14-16-22)19(15-17-25(7,8)9)24-27(12,13)21(4,5)6/h14,16,18-19H,1-13H3/b16-14+/t18-,19-/m1/s1. The Labute approximate surface area is 177 Å². The SMILES string of the molecule is CC(C)(C)[Si](C)(C)O[C@H](C#C[Si](C)(C)C)[C@@H](/C=C/Cl)O[Si](C)(C)C(C)(C)C. The van der Waals surface area contributed by atoms with Crippen molar-refractivity contribution in [1.82, 2.24) is 0 Å². The molecule has 0 N–H and O–H groups in total. The first-order chi connectivity index (χ1) is 11.7. The van der Waals surface area contributed by atoms with Gasteiger partial charge in [0.25, 0.3) is 0 Å². The molecular formula is C21H43ClO2Si3. The molecule has 0 amide bonds. The Morgan fingerprint density at radius 3 is 1.52 bits per heavy atom. The zero-order chi connectivity index (χ0) is 21.9. The van der Waals surface area contributed by atoms with Crippen molar-refractivity contribution in [2.24, 2.45) is 0 Å². The maximum absolute atomic E-state index is 6.75. The quantitative estimate of drug-likeness (QED) is 0.312. The lowest BCUT2D eigenvalue weighted by Crippen LogP contribution is -2.51. The van der Waals surface area contributed by atoms with Gasteiger partial charge in [0, 0.05) is 5.54 Å². The Kier molecular flexibility index (Phi) is 9.37. The molecule has 0 spiro atoms. The first-order valence-electron chi connectivity index (χ1n) is 9.89. The summed E-state index contributed by atoms with van der Waals surface area (Å²) in [5, 5.41) is 0.220. The van der Waals surface area contributed by atoms with E-state index >= 15 is 0 Å². The van der Waals surface area contributed by atoms with Gasteiger partial charge in [-0.05, 0) is 42.3 Å². The fourth-order valence-corrected chi connectivity index (χ4v) is 4.89. The molecule has 6 heteroatoms. The molecule has 27 heavy (non-hydrogen) atoms. The van der Waals surface area contributed by atoms with Gasteiger partial charge in [0.15, 0.2) is 16.6 Å². The average Bonchev–Trinajstić information content (AvgIpc) is 2.39. The van der Waals surface area contributed by atoms with E-state index in [2.05, 4.69) is 98.8 Å². The van der Waals surface area contributed by atoms with E-state index in [4.69, 9.17) is 20.5 Å². The Morgan fingerprint density at radius 2 is 1.19 bits per heavy atom. The predicted molar refractivity (Wildman–Crippen MR) is 130 cm³/mol. The van der Waals surface area contributed by atoms with Gasteiger partial charge in [-0.25, -0.2) is 0 Å². The van der Waals surface area contributed by atoms with Crippen molar-refractivity contribution in [3.63, 3.8) is 0 Å². The van der Waals surface area contributed by atoms with Crippen molar-refractivity contribution in [3.8, 4) is 11.5 Å². The number of hydrogen-bond donors (Lipinski definition) is 0. The zero-order valence-corrected chi connectivity index (χ0v) is 23.8. The number of hydrogen-bond acceptors (Lipinski definition) is 2. The third-order valence-electron chi connectivity index (χ3n) is 5.61. The van der Waals surface area contributed by atoms with Crippen molar-refractivity contribution >= 4 is 36.3 Å². The van der Waals surface area contributed by atoms with Gasteiger partial charge in [-0.15, -0.1) is 5.54 Å². The van der Waals surface area contributed by atoms with Crippen LogP contribution in [0.5, 0.6) is 0 Å². The molecule has 0 unspecified atom stereocenters. The van der Waals surface area contributed by atoms with Crippen LogP contribution in [0.3, 0.4) is 0 Å². The largest absolute Gasteiger partial charge is 0.407 e. The molecule has 2 nitrogen and oxygen atoms in total. The van der Waals surface area contributed by atoms with Crippen LogP contribution in [0.4, 0.5) is 0 Å². The van der Waals surface area contributed by atoms with Gasteiger partial charge in [-0.1, -0.05) is 78.7 Å². The van der Waals surface area contributed by atoms with E-state index in [0.29, 0.717) is 0 Å². The van der Waals surface area contributed by atoms with Crippen molar-refractivity contribution in [1.29, 1.82) is 0 Å². The van der Waals surface area contributed by atoms with E-state index in [1.165, 1.54) is 0 Å². The molecule has 0 fully saturated rings. The fourth-order valence-electron chi connectivity index (χ4n) is 1.75. The van der Waals surface area contributed by atoms with Gasteiger partial charge in [0.2, 0.25) is 0 Å².